The summed E-state index contributed by atoms with van der Waals surface area (Å²) in [4.78, 5) is 20.8. The van der Waals surface area contributed by atoms with Crippen LogP contribution in [0.15, 0.2) is 0 Å². The largest absolute Gasteiger partial charge is 0.550 e. The smallest absolute Gasteiger partial charge is 0.220 e. The lowest BCUT2D eigenvalue weighted by Crippen LogP contribution is -2.28. The molecule has 0 fully saturated rings. The van der Waals surface area contributed by atoms with Crippen LogP contribution in [-0.2, 0) is 14.3 Å². The zero-order valence-electron chi connectivity index (χ0n) is 7.67. The number of nitrogens with one attached hydrogen (secondary N) is 1. The molecule has 0 rings (SSSR count). The molecule has 0 bridgehead atoms. The molecule has 0 saturated heterocycles. The van der Waals surface area contributed by atoms with E-state index in [1.54, 1.807) is 7.11 Å². The van der Waals surface area contributed by atoms with Crippen LogP contribution in [0, 0.1) is 0 Å². The van der Waals surface area contributed by atoms with Crippen molar-refractivity contribution in [1.82, 2.24) is 5.32 Å². The molecule has 0 atom stereocenters. The van der Waals surface area contributed by atoms with Crippen molar-refractivity contribution in [3.8, 4) is 0 Å². The molecule has 0 aliphatic carbocycles. The molecule has 0 saturated carbocycles. The Balaban J connectivity index is 3.25. The number of carbonyl (C=O) groups excluding carboxylic acids is 2. The lowest BCUT2D eigenvalue weighted by atomic mass is 10.3. The molecule has 76 valence electrons. The lowest BCUT2D eigenvalue weighted by molar-refractivity contribution is -0.305. The third kappa shape index (κ3) is 8.81. The second-order valence-electron chi connectivity index (χ2n) is 2.57. The summed E-state index contributed by atoms with van der Waals surface area (Å²) in [6.45, 7) is 1.10. The highest BCUT2D eigenvalue weighted by molar-refractivity contribution is 5.79. The Labute approximate surface area is 77.1 Å². The third-order valence-corrected chi connectivity index (χ3v) is 1.40. The van der Waals surface area contributed by atoms with Crippen molar-refractivity contribution >= 4 is 11.9 Å². The second-order valence-corrected chi connectivity index (χ2v) is 2.57. The maximum atomic E-state index is 10.9. The summed E-state index contributed by atoms with van der Waals surface area (Å²) in [5.41, 5.74) is 0. The molecular weight excluding hydrogens is 174 g/mol. The monoisotopic (exact) mass is 188 g/mol. The van der Waals surface area contributed by atoms with E-state index in [-0.39, 0.29) is 18.7 Å². The molecule has 0 aliphatic heterocycles. The molecule has 1 amide bonds. The number of hydrogen-bond donors (Lipinski definition) is 1. The maximum absolute atomic E-state index is 10.9. The Morgan fingerprint density at radius 1 is 1.38 bits per heavy atom. The Kier molecular flexibility index (Phi) is 6.91. The van der Waals surface area contributed by atoms with Crippen molar-refractivity contribution in [1.29, 1.82) is 0 Å². The quantitative estimate of drug-likeness (QED) is 0.502. The minimum Gasteiger partial charge on any atom is -0.550 e. The van der Waals surface area contributed by atoms with Gasteiger partial charge in [0.1, 0.15) is 0 Å². The van der Waals surface area contributed by atoms with E-state index in [0.29, 0.717) is 13.2 Å². The summed E-state index contributed by atoms with van der Waals surface area (Å²) in [7, 11) is 1.58. The maximum Gasteiger partial charge on any atom is 0.220 e. The van der Waals surface area contributed by atoms with Crippen LogP contribution >= 0.6 is 0 Å². The number of ether oxygens (including phenoxy) is 1. The molecule has 1 N–H and O–H groups in total. The number of rotatable bonds is 7. The van der Waals surface area contributed by atoms with E-state index >= 15 is 0 Å². The van der Waals surface area contributed by atoms with Gasteiger partial charge in [0.25, 0.3) is 0 Å². The molecule has 5 heteroatoms. The van der Waals surface area contributed by atoms with Gasteiger partial charge in [-0.25, -0.2) is 0 Å². The number of carbonyl (C=O) groups is 2. The first kappa shape index (κ1) is 11.9. The Morgan fingerprint density at radius 2 is 2.08 bits per heavy atom. The normalized spacial score (nSPS) is 9.62. The number of aliphatic carboxylic acids is 1. The average molecular weight is 188 g/mol. The van der Waals surface area contributed by atoms with E-state index in [2.05, 4.69) is 5.32 Å². The van der Waals surface area contributed by atoms with Gasteiger partial charge < -0.3 is 20.0 Å². The topological polar surface area (TPSA) is 78.5 Å². The Bertz CT molecular complexity index is 170. The van der Waals surface area contributed by atoms with E-state index in [1.807, 2.05) is 0 Å². The fourth-order valence-electron chi connectivity index (χ4n) is 0.748. The number of carboxylic acids is 1. The van der Waals surface area contributed by atoms with Crippen LogP contribution in [0.5, 0.6) is 0 Å². The highest BCUT2D eigenvalue weighted by Gasteiger charge is 1.99. The first-order valence-corrected chi connectivity index (χ1v) is 4.12. The van der Waals surface area contributed by atoms with E-state index in [9.17, 15) is 14.7 Å². The summed E-state index contributed by atoms with van der Waals surface area (Å²) in [6.07, 6.45) is 0.485. The molecule has 0 aliphatic rings. The standard InChI is InChI=1S/C8H15NO4/c1-13-6-2-5-9-7(10)3-4-8(11)12/h2-6H2,1H3,(H,9,10)(H,11,12)/p-1. The van der Waals surface area contributed by atoms with Crippen molar-refractivity contribution in [2.45, 2.75) is 19.3 Å². The summed E-state index contributed by atoms with van der Waals surface area (Å²) >= 11 is 0. The van der Waals surface area contributed by atoms with Crippen molar-refractivity contribution in [3.63, 3.8) is 0 Å². The van der Waals surface area contributed by atoms with Gasteiger partial charge in [0.05, 0.1) is 0 Å². The van der Waals surface area contributed by atoms with Gasteiger partial charge in [-0.2, -0.15) is 0 Å². The molecule has 0 radical (unpaired) electrons. The predicted octanol–water partition coefficient (Wildman–Crippen LogP) is -1.33. The minimum atomic E-state index is -1.20. The van der Waals surface area contributed by atoms with Crippen molar-refractivity contribution in [2.24, 2.45) is 0 Å². The highest BCUT2D eigenvalue weighted by atomic mass is 16.5. The van der Waals surface area contributed by atoms with E-state index in [0.717, 1.165) is 6.42 Å². The van der Waals surface area contributed by atoms with Gasteiger partial charge in [0.15, 0.2) is 0 Å². The van der Waals surface area contributed by atoms with Crippen LogP contribution in [0.2, 0.25) is 0 Å². The zero-order chi connectivity index (χ0) is 10.1. The molecule has 0 heterocycles. The summed E-state index contributed by atoms with van der Waals surface area (Å²) in [5, 5.41) is 12.5. The van der Waals surface area contributed by atoms with Gasteiger partial charge in [0.2, 0.25) is 5.91 Å². The molecule has 13 heavy (non-hydrogen) atoms. The Hall–Kier alpha value is -1.10. The fraction of sp³-hybridized carbons (Fsp3) is 0.750. The van der Waals surface area contributed by atoms with Crippen LogP contribution in [0.3, 0.4) is 0 Å². The van der Waals surface area contributed by atoms with Crippen LogP contribution < -0.4 is 10.4 Å². The number of amides is 1. The van der Waals surface area contributed by atoms with Crippen molar-refractivity contribution < 1.29 is 19.4 Å². The molecule has 0 aromatic heterocycles. The van der Waals surface area contributed by atoms with Crippen LogP contribution in [0.25, 0.3) is 0 Å². The van der Waals surface area contributed by atoms with Crippen LogP contribution in [0.1, 0.15) is 19.3 Å². The average Bonchev–Trinajstić information content (AvgIpc) is 2.09. The number of hydrogen-bond acceptors (Lipinski definition) is 4. The SMILES string of the molecule is COCCCNC(=O)CCC(=O)[O-]. The van der Waals surface area contributed by atoms with Crippen LogP contribution in [0.4, 0.5) is 0 Å². The molecule has 0 unspecified atom stereocenters. The van der Waals surface area contributed by atoms with Gasteiger partial charge in [-0.3, -0.25) is 4.79 Å². The number of methoxy groups -OCH3 is 1. The molecule has 5 nitrogen and oxygen atoms in total. The van der Waals surface area contributed by atoms with E-state index in [1.165, 1.54) is 0 Å². The van der Waals surface area contributed by atoms with Crippen molar-refractivity contribution in [3.05, 3.63) is 0 Å². The third-order valence-electron chi connectivity index (χ3n) is 1.40. The molecule has 0 aromatic rings. The van der Waals surface area contributed by atoms with E-state index < -0.39 is 5.97 Å². The summed E-state index contributed by atoms with van der Waals surface area (Å²) in [6, 6.07) is 0. The molecule has 0 spiro atoms. The zero-order valence-corrected chi connectivity index (χ0v) is 7.67. The Morgan fingerprint density at radius 3 is 2.62 bits per heavy atom. The molecular formula is C8H14NO4-. The van der Waals surface area contributed by atoms with Gasteiger partial charge >= 0.3 is 0 Å². The van der Waals surface area contributed by atoms with Crippen LogP contribution in [-0.4, -0.2) is 32.1 Å². The van der Waals surface area contributed by atoms with Gasteiger partial charge in [-0.05, 0) is 12.8 Å². The minimum absolute atomic E-state index is 0.0185. The second kappa shape index (κ2) is 7.54. The first-order chi connectivity index (χ1) is 6.16. The first-order valence-electron chi connectivity index (χ1n) is 4.12. The van der Waals surface area contributed by atoms with Gasteiger partial charge in [-0.15, -0.1) is 0 Å². The van der Waals surface area contributed by atoms with E-state index in [4.69, 9.17) is 4.74 Å². The fourth-order valence-corrected chi connectivity index (χ4v) is 0.748. The van der Waals surface area contributed by atoms with Gasteiger partial charge in [-0.1, -0.05) is 0 Å². The van der Waals surface area contributed by atoms with Gasteiger partial charge in [0, 0.05) is 32.7 Å². The number of carboxylic acid groups (broad SMARTS) is 1. The summed E-state index contributed by atoms with van der Waals surface area (Å²) in [5.74, 6) is -1.47. The predicted molar refractivity (Wildman–Crippen MR) is 43.7 cm³/mol. The molecule has 0 aromatic carbocycles. The highest BCUT2D eigenvalue weighted by Crippen LogP contribution is 1.87. The lowest BCUT2D eigenvalue weighted by Gasteiger charge is -2.04. The van der Waals surface area contributed by atoms with Crippen molar-refractivity contribution in [2.75, 3.05) is 20.3 Å². The summed E-state index contributed by atoms with van der Waals surface area (Å²) < 4.78 is 4.77.